The van der Waals surface area contributed by atoms with Crippen LogP contribution < -0.4 is 4.80 Å². The van der Waals surface area contributed by atoms with Gasteiger partial charge in [0.15, 0.2) is 4.80 Å². The summed E-state index contributed by atoms with van der Waals surface area (Å²) < 4.78 is 3.46. The predicted molar refractivity (Wildman–Crippen MR) is 97.6 cm³/mol. The third-order valence-corrected chi connectivity index (χ3v) is 4.79. The Bertz CT molecular complexity index is 1010. The van der Waals surface area contributed by atoms with Crippen molar-refractivity contribution in [2.24, 2.45) is 4.99 Å². The first-order valence-corrected chi connectivity index (χ1v) is 8.40. The van der Waals surface area contributed by atoms with E-state index in [-0.39, 0.29) is 0 Å². The molecule has 3 aromatic carbocycles. The molecule has 2 nitrogen and oxygen atoms in total. The summed E-state index contributed by atoms with van der Waals surface area (Å²) in [5.74, 6) is 0. The average Bonchev–Trinajstić information content (AvgIpc) is 2.95. The van der Waals surface area contributed by atoms with E-state index in [2.05, 4.69) is 84.3 Å². The van der Waals surface area contributed by atoms with E-state index in [1.165, 1.54) is 15.8 Å². The Morgan fingerprint density at radius 3 is 2.26 bits per heavy atom. The predicted octanol–water partition coefficient (Wildman–Crippen LogP) is 5.23. The second-order valence-electron chi connectivity index (χ2n) is 5.47. The summed E-state index contributed by atoms with van der Waals surface area (Å²) in [5.41, 5.74) is 4.55. The molecule has 112 valence electrons. The molecule has 0 fully saturated rings. The molecule has 0 saturated carbocycles. The van der Waals surface area contributed by atoms with Crippen molar-refractivity contribution < 1.29 is 0 Å². The van der Waals surface area contributed by atoms with Crippen LogP contribution in [-0.2, 0) is 0 Å². The SMILES string of the molecule is Cc1ccc(N=c2sc3ccccc3n2-c2ccccc2)cc1. The van der Waals surface area contributed by atoms with Crippen molar-refractivity contribution in [3.63, 3.8) is 0 Å². The molecule has 0 aliphatic carbocycles. The van der Waals surface area contributed by atoms with Gasteiger partial charge in [-0.15, -0.1) is 0 Å². The molecule has 3 heteroatoms. The Labute approximate surface area is 139 Å². The van der Waals surface area contributed by atoms with E-state index in [1.54, 1.807) is 11.3 Å². The normalized spacial score (nSPS) is 12.0. The smallest absolute Gasteiger partial charge is 0.195 e. The number of aromatic nitrogens is 1. The minimum atomic E-state index is 0.979. The molecule has 0 N–H and O–H groups in total. The third kappa shape index (κ3) is 2.71. The molecular formula is C20H16N2S. The van der Waals surface area contributed by atoms with Gasteiger partial charge in [0.2, 0.25) is 0 Å². The maximum absolute atomic E-state index is 4.88. The van der Waals surface area contributed by atoms with Crippen molar-refractivity contribution in [2.45, 2.75) is 6.92 Å². The number of hydrogen-bond acceptors (Lipinski definition) is 2. The molecule has 0 radical (unpaired) electrons. The van der Waals surface area contributed by atoms with Crippen LogP contribution in [0.4, 0.5) is 5.69 Å². The number of rotatable bonds is 2. The van der Waals surface area contributed by atoms with Crippen LogP contribution in [0.1, 0.15) is 5.56 Å². The fourth-order valence-electron chi connectivity index (χ4n) is 2.60. The summed E-state index contributed by atoms with van der Waals surface area (Å²) in [6.45, 7) is 2.09. The van der Waals surface area contributed by atoms with Gasteiger partial charge in [0.1, 0.15) is 0 Å². The van der Waals surface area contributed by atoms with Crippen molar-refractivity contribution in [2.75, 3.05) is 0 Å². The van der Waals surface area contributed by atoms with Gasteiger partial charge in [0.05, 0.1) is 15.9 Å². The maximum atomic E-state index is 4.88. The molecule has 0 atom stereocenters. The lowest BCUT2D eigenvalue weighted by Gasteiger charge is -2.04. The van der Waals surface area contributed by atoms with Gasteiger partial charge in [-0.3, -0.25) is 4.57 Å². The Hall–Kier alpha value is -2.65. The van der Waals surface area contributed by atoms with Gasteiger partial charge in [-0.05, 0) is 43.3 Å². The lowest BCUT2D eigenvalue weighted by atomic mass is 10.2. The quantitative estimate of drug-likeness (QED) is 0.481. The molecule has 0 saturated heterocycles. The minimum Gasteiger partial charge on any atom is -0.285 e. The molecule has 0 spiro atoms. The number of para-hydroxylation sites is 2. The molecule has 1 aromatic heterocycles. The number of nitrogens with zero attached hydrogens (tertiary/aromatic N) is 2. The highest BCUT2D eigenvalue weighted by atomic mass is 32.1. The van der Waals surface area contributed by atoms with Crippen LogP contribution >= 0.6 is 11.3 Å². The zero-order valence-electron chi connectivity index (χ0n) is 12.8. The van der Waals surface area contributed by atoms with Crippen molar-refractivity contribution in [1.82, 2.24) is 4.57 Å². The topological polar surface area (TPSA) is 17.3 Å². The van der Waals surface area contributed by atoms with Crippen LogP contribution in [0.3, 0.4) is 0 Å². The summed E-state index contributed by atoms with van der Waals surface area (Å²) >= 11 is 1.71. The number of benzene rings is 3. The minimum absolute atomic E-state index is 0.979. The first kappa shape index (κ1) is 14.0. The number of aryl methyl sites for hydroxylation is 1. The third-order valence-electron chi connectivity index (χ3n) is 3.77. The molecule has 4 aromatic rings. The maximum Gasteiger partial charge on any atom is 0.195 e. The Balaban J connectivity index is 2.01. The number of thiazole rings is 1. The van der Waals surface area contributed by atoms with E-state index < -0.39 is 0 Å². The standard InChI is InChI=1S/C20H16N2S/c1-15-11-13-16(14-12-15)21-20-22(17-7-3-2-4-8-17)18-9-5-6-10-19(18)23-20/h2-14H,1H3. The van der Waals surface area contributed by atoms with E-state index >= 15 is 0 Å². The van der Waals surface area contributed by atoms with E-state index in [1.807, 2.05) is 6.07 Å². The molecule has 0 aliphatic rings. The summed E-state index contributed by atoms with van der Waals surface area (Å²) in [7, 11) is 0. The highest BCUT2D eigenvalue weighted by Crippen LogP contribution is 2.22. The zero-order valence-corrected chi connectivity index (χ0v) is 13.6. The van der Waals surface area contributed by atoms with Gasteiger partial charge >= 0.3 is 0 Å². The van der Waals surface area contributed by atoms with E-state index in [9.17, 15) is 0 Å². The molecule has 4 rings (SSSR count). The Kier molecular flexibility index (Phi) is 3.56. The van der Waals surface area contributed by atoms with Crippen LogP contribution in [0.5, 0.6) is 0 Å². The van der Waals surface area contributed by atoms with Crippen LogP contribution in [0, 0.1) is 6.92 Å². The second-order valence-corrected chi connectivity index (χ2v) is 6.48. The van der Waals surface area contributed by atoms with E-state index in [0.29, 0.717) is 0 Å². The lowest BCUT2D eigenvalue weighted by Crippen LogP contribution is -2.11. The Morgan fingerprint density at radius 2 is 1.48 bits per heavy atom. The zero-order chi connectivity index (χ0) is 15.6. The summed E-state index contributed by atoms with van der Waals surface area (Å²) in [6.07, 6.45) is 0. The lowest BCUT2D eigenvalue weighted by molar-refractivity contribution is 1.05. The number of fused-ring (bicyclic) bond motifs is 1. The van der Waals surface area contributed by atoms with Crippen molar-refractivity contribution >= 4 is 27.2 Å². The second kappa shape index (κ2) is 5.86. The highest BCUT2D eigenvalue weighted by molar-refractivity contribution is 7.16. The van der Waals surface area contributed by atoms with Crippen molar-refractivity contribution in [1.29, 1.82) is 0 Å². The summed E-state index contributed by atoms with van der Waals surface area (Å²) in [6, 6.07) is 27.2. The van der Waals surface area contributed by atoms with Crippen LogP contribution in [0.25, 0.3) is 15.9 Å². The fourth-order valence-corrected chi connectivity index (χ4v) is 3.66. The van der Waals surface area contributed by atoms with Crippen molar-refractivity contribution in [3.05, 3.63) is 89.2 Å². The summed E-state index contributed by atoms with van der Waals surface area (Å²) in [4.78, 5) is 5.86. The van der Waals surface area contributed by atoms with Gasteiger partial charge in [0.25, 0.3) is 0 Å². The molecular weight excluding hydrogens is 300 g/mol. The van der Waals surface area contributed by atoms with Crippen LogP contribution in [0.15, 0.2) is 83.9 Å². The Morgan fingerprint density at radius 1 is 0.783 bits per heavy atom. The average molecular weight is 316 g/mol. The van der Waals surface area contributed by atoms with Crippen LogP contribution in [-0.4, -0.2) is 4.57 Å². The van der Waals surface area contributed by atoms with Crippen molar-refractivity contribution in [3.8, 4) is 5.69 Å². The molecule has 0 bridgehead atoms. The monoisotopic (exact) mass is 316 g/mol. The van der Waals surface area contributed by atoms with Gasteiger partial charge in [-0.25, -0.2) is 4.99 Å². The van der Waals surface area contributed by atoms with Gasteiger partial charge in [0, 0.05) is 5.69 Å². The van der Waals surface area contributed by atoms with Gasteiger partial charge in [-0.2, -0.15) is 0 Å². The molecule has 0 unspecified atom stereocenters. The number of hydrogen-bond donors (Lipinski definition) is 0. The first-order valence-electron chi connectivity index (χ1n) is 7.59. The highest BCUT2D eigenvalue weighted by Gasteiger charge is 2.07. The van der Waals surface area contributed by atoms with Gasteiger partial charge < -0.3 is 0 Å². The van der Waals surface area contributed by atoms with E-state index in [4.69, 9.17) is 4.99 Å². The fraction of sp³-hybridized carbons (Fsp3) is 0.0500. The largest absolute Gasteiger partial charge is 0.285 e. The first-order chi connectivity index (χ1) is 11.3. The molecule has 0 aliphatic heterocycles. The molecule has 1 heterocycles. The van der Waals surface area contributed by atoms with E-state index in [0.717, 1.165) is 16.2 Å². The molecule has 23 heavy (non-hydrogen) atoms. The van der Waals surface area contributed by atoms with Gasteiger partial charge in [-0.1, -0.05) is 59.4 Å². The molecule has 0 amide bonds. The summed E-state index contributed by atoms with van der Waals surface area (Å²) in [5, 5.41) is 0. The van der Waals surface area contributed by atoms with Crippen LogP contribution in [0.2, 0.25) is 0 Å².